The maximum Gasteiger partial charge on any atom is 0.407 e. The Morgan fingerprint density at radius 2 is 1.70 bits per heavy atom. The van der Waals surface area contributed by atoms with Crippen LogP contribution in [0.15, 0.2) is 0 Å². The summed E-state index contributed by atoms with van der Waals surface area (Å²) in [5, 5.41) is 8.86. The predicted molar refractivity (Wildman–Crippen MR) is 81.0 cm³/mol. The lowest BCUT2D eigenvalue weighted by molar-refractivity contribution is 0.141. The molecule has 1 aliphatic heterocycles. The zero-order chi connectivity index (χ0) is 14.4. The van der Waals surface area contributed by atoms with Crippen LogP contribution >= 0.6 is 0 Å². The lowest BCUT2D eigenvalue weighted by atomic mass is 9.80. The first kappa shape index (κ1) is 15.6. The van der Waals surface area contributed by atoms with Gasteiger partial charge in [-0.05, 0) is 57.0 Å². The van der Waals surface area contributed by atoms with E-state index in [0.717, 1.165) is 18.3 Å². The minimum absolute atomic E-state index is 0.691. The molecule has 0 aromatic rings. The molecule has 0 unspecified atom stereocenters. The quantitative estimate of drug-likeness (QED) is 0.841. The molecule has 4 nitrogen and oxygen atoms in total. The number of piperidine rings is 1. The van der Waals surface area contributed by atoms with E-state index in [1.165, 1.54) is 69.5 Å². The maximum absolute atomic E-state index is 10.8. The number of carbonyl (C=O) groups is 1. The Balaban J connectivity index is 1.61. The third-order valence-corrected chi connectivity index (χ3v) is 5.13. The smallest absolute Gasteiger partial charge is 0.407 e. The Hall–Kier alpha value is -0.770. The highest BCUT2D eigenvalue weighted by molar-refractivity contribution is 5.64. The number of nitrogens with zero attached hydrogens (tertiary/aromatic N) is 2. The van der Waals surface area contributed by atoms with Gasteiger partial charge in [0.15, 0.2) is 0 Å². The van der Waals surface area contributed by atoms with Gasteiger partial charge in [-0.2, -0.15) is 0 Å². The summed E-state index contributed by atoms with van der Waals surface area (Å²) in [6.07, 6.45) is 9.71. The molecule has 1 aliphatic carbocycles. The van der Waals surface area contributed by atoms with Gasteiger partial charge in [0.05, 0.1) is 0 Å². The fourth-order valence-electron chi connectivity index (χ4n) is 3.68. The van der Waals surface area contributed by atoms with Crippen molar-refractivity contribution in [3.8, 4) is 0 Å². The van der Waals surface area contributed by atoms with Crippen LogP contribution in [0.3, 0.4) is 0 Å². The van der Waals surface area contributed by atoms with E-state index in [4.69, 9.17) is 5.11 Å². The molecule has 2 aliphatic rings. The molecule has 0 atom stereocenters. The molecule has 0 spiro atoms. The number of carboxylic acid groups (broad SMARTS) is 1. The monoisotopic (exact) mass is 282 g/mol. The second kappa shape index (κ2) is 7.87. The molecular weight excluding hydrogens is 252 g/mol. The van der Waals surface area contributed by atoms with Crippen molar-refractivity contribution in [2.24, 2.45) is 11.8 Å². The van der Waals surface area contributed by atoms with Crippen LogP contribution in [0.25, 0.3) is 0 Å². The van der Waals surface area contributed by atoms with Crippen molar-refractivity contribution >= 4 is 6.09 Å². The van der Waals surface area contributed by atoms with E-state index in [2.05, 4.69) is 4.90 Å². The van der Waals surface area contributed by atoms with Crippen LogP contribution in [-0.4, -0.2) is 54.2 Å². The molecule has 4 heteroatoms. The fourth-order valence-corrected chi connectivity index (χ4v) is 3.68. The van der Waals surface area contributed by atoms with Crippen molar-refractivity contribution in [3.05, 3.63) is 0 Å². The Bertz CT molecular complexity index is 295. The summed E-state index contributed by atoms with van der Waals surface area (Å²) in [5.74, 6) is 1.64. The highest BCUT2D eigenvalue weighted by Gasteiger charge is 2.24. The average Bonchev–Trinajstić information content (AvgIpc) is 2.47. The summed E-state index contributed by atoms with van der Waals surface area (Å²) in [4.78, 5) is 14.8. The SMILES string of the molecule is CN(CCC1CCC(CN2CCCCC2)CC1)C(=O)O. The van der Waals surface area contributed by atoms with Crippen LogP contribution in [0.4, 0.5) is 4.79 Å². The fraction of sp³-hybridized carbons (Fsp3) is 0.938. The van der Waals surface area contributed by atoms with Gasteiger partial charge in [-0.25, -0.2) is 4.79 Å². The molecule has 20 heavy (non-hydrogen) atoms. The van der Waals surface area contributed by atoms with Gasteiger partial charge in [-0.15, -0.1) is 0 Å². The van der Waals surface area contributed by atoms with E-state index in [1.54, 1.807) is 7.05 Å². The summed E-state index contributed by atoms with van der Waals surface area (Å²) >= 11 is 0. The second-order valence-electron chi connectivity index (χ2n) is 6.74. The molecule has 2 fully saturated rings. The molecular formula is C16H30N2O2. The van der Waals surface area contributed by atoms with Gasteiger partial charge < -0.3 is 14.9 Å². The average molecular weight is 282 g/mol. The van der Waals surface area contributed by atoms with Crippen molar-refractivity contribution < 1.29 is 9.90 Å². The van der Waals surface area contributed by atoms with Crippen molar-refractivity contribution in [2.45, 2.75) is 51.4 Å². The van der Waals surface area contributed by atoms with Crippen LogP contribution in [0, 0.1) is 11.8 Å². The van der Waals surface area contributed by atoms with Crippen molar-refractivity contribution in [3.63, 3.8) is 0 Å². The largest absolute Gasteiger partial charge is 0.465 e. The lowest BCUT2D eigenvalue weighted by Gasteiger charge is -2.34. The topological polar surface area (TPSA) is 43.8 Å². The molecule has 2 rings (SSSR count). The molecule has 1 amide bonds. The van der Waals surface area contributed by atoms with Crippen molar-refractivity contribution in [1.82, 2.24) is 9.80 Å². The highest BCUT2D eigenvalue weighted by Crippen LogP contribution is 2.31. The summed E-state index contributed by atoms with van der Waals surface area (Å²) in [5.41, 5.74) is 0. The van der Waals surface area contributed by atoms with E-state index in [-0.39, 0.29) is 0 Å². The Kier molecular flexibility index (Phi) is 6.14. The number of rotatable bonds is 5. The van der Waals surface area contributed by atoms with Gasteiger partial charge >= 0.3 is 6.09 Å². The van der Waals surface area contributed by atoms with E-state index in [0.29, 0.717) is 6.54 Å². The van der Waals surface area contributed by atoms with Gasteiger partial charge in [0.1, 0.15) is 0 Å². The summed E-state index contributed by atoms with van der Waals surface area (Å²) in [6, 6.07) is 0. The number of amides is 1. The molecule has 1 saturated carbocycles. The molecule has 0 radical (unpaired) electrons. The highest BCUT2D eigenvalue weighted by atomic mass is 16.4. The van der Waals surface area contributed by atoms with Gasteiger partial charge in [0, 0.05) is 20.1 Å². The molecule has 0 aromatic heterocycles. The van der Waals surface area contributed by atoms with Gasteiger partial charge in [0.2, 0.25) is 0 Å². The van der Waals surface area contributed by atoms with Crippen LogP contribution in [0.5, 0.6) is 0 Å². The minimum Gasteiger partial charge on any atom is -0.465 e. The Labute approximate surface area is 123 Å². The first-order valence-corrected chi connectivity index (χ1v) is 8.31. The zero-order valence-electron chi connectivity index (χ0n) is 12.9. The standard InChI is InChI=1S/C16H30N2O2/c1-17(16(19)20)12-9-14-5-7-15(8-6-14)13-18-10-3-2-4-11-18/h14-15H,2-13H2,1H3,(H,19,20). The Morgan fingerprint density at radius 1 is 1.10 bits per heavy atom. The number of hydrogen-bond donors (Lipinski definition) is 1. The molecule has 0 bridgehead atoms. The van der Waals surface area contributed by atoms with Gasteiger partial charge in [0.25, 0.3) is 0 Å². The van der Waals surface area contributed by atoms with Crippen molar-refractivity contribution in [2.75, 3.05) is 33.2 Å². The first-order valence-electron chi connectivity index (χ1n) is 8.31. The van der Waals surface area contributed by atoms with E-state index < -0.39 is 6.09 Å². The van der Waals surface area contributed by atoms with Gasteiger partial charge in [-0.1, -0.05) is 19.3 Å². The van der Waals surface area contributed by atoms with E-state index >= 15 is 0 Å². The predicted octanol–water partition coefficient (Wildman–Crippen LogP) is 3.28. The van der Waals surface area contributed by atoms with Crippen LogP contribution in [-0.2, 0) is 0 Å². The molecule has 1 N–H and O–H groups in total. The van der Waals surface area contributed by atoms with E-state index in [1.807, 2.05) is 0 Å². The molecule has 0 aromatic carbocycles. The first-order chi connectivity index (χ1) is 9.65. The summed E-state index contributed by atoms with van der Waals surface area (Å²) in [6.45, 7) is 4.62. The normalized spacial score (nSPS) is 28.2. The molecule has 1 heterocycles. The summed E-state index contributed by atoms with van der Waals surface area (Å²) < 4.78 is 0. The minimum atomic E-state index is -0.802. The summed E-state index contributed by atoms with van der Waals surface area (Å²) in [7, 11) is 1.67. The lowest BCUT2D eigenvalue weighted by Crippen LogP contribution is -2.35. The molecule has 1 saturated heterocycles. The third-order valence-electron chi connectivity index (χ3n) is 5.13. The van der Waals surface area contributed by atoms with Crippen LogP contribution < -0.4 is 0 Å². The Morgan fingerprint density at radius 3 is 2.30 bits per heavy atom. The van der Waals surface area contributed by atoms with Crippen molar-refractivity contribution in [1.29, 1.82) is 0 Å². The molecule has 116 valence electrons. The second-order valence-corrected chi connectivity index (χ2v) is 6.74. The number of likely N-dealkylation sites (tertiary alicyclic amines) is 1. The number of hydrogen-bond acceptors (Lipinski definition) is 2. The van der Waals surface area contributed by atoms with E-state index in [9.17, 15) is 4.79 Å². The zero-order valence-corrected chi connectivity index (χ0v) is 12.9. The maximum atomic E-state index is 10.8. The van der Waals surface area contributed by atoms with Crippen LogP contribution in [0.1, 0.15) is 51.4 Å². The van der Waals surface area contributed by atoms with Gasteiger partial charge in [-0.3, -0.25) is 0 Å². The third kappa shape index (κ3) is 4.97. The van der Waals surface area contributed by atoms with Crippen LogP contribution in [0.2, 0.25) is 0 Å².